The van der Waals surface area contributed by atoms with Gasteiger partial charge in [-0.25, -0.2) is 4.79 Å². The zero-order valence-corrected chi connectivity index (χ0v) is 12.4. The monoisotopic (exact) mass is 311 g/mol. The summed E-state index contributed by atoms with van der Waals surface area (Å²) in [5, 5.41) is 5.34. The highest BCUT2D eigenvalue weighted by atomic mass is 16.5. The van der Waals surface area contributed by atoms with Gasteiger partial charge < -0.3 is 21.1 Å². The van der Waals surface area contributed by atoms with Crippen LogP contribution in [0.1, 0.15) is 11.1 Å². The Morgan fingerprint density at radius 2 is 1.87 bits per heavy atom. The van der Waals surface area contributed by atoms with E-state index in [1.165, 1.54) is 0 Å². The van der Waals surface area contributed by atoms with E-state index in [0.717, 1.165) is 16.9 Å². The number of anilines is 1. The van der Waals surface area contributed by atoms with E-state index in [-0.39, 0.29) is 5.91 Å². The molecule has 1 heterocycles. The second-order valence-corrected chi connectivity index (χ2v) is 5.32. The topological polar surface area (TPSA) is 93.5 Å². The minimum absolute atomic E-state index is 0.138. The maximum atomic E-state index is 12.2. The Morgan fingerprint density at radius 1 is 1.13 bits per heavy atom. The third kappa shape index (κ3) is 3.60. The number of nitrogens with two attached hydrogens (primary N) is 1. The largest absolute Gasteiger partial charge is 0.480 e. The van der Waals surface area contributed by atoms with Crippen LogP contribution in [0.25, 0.3) is 0 Å². The van der Waals surface area contributed by atoms with E-state index in [2.05, 4.69) is 10.6 Å². The van der Waals surface area contributed by atoms with Crippen molar-refractivity contribution in [2.24, 2.45) is 5.73 Å². The first-order chi connectivity index (χ1) is 11.1. The third-order valence-electron chi connectivity index (χ3n) is 3.63. The summed E-state index contributed by atoms with van der Waals surface area (Å²) in [6, 6.07) is 14.1. The fourth-order valence-electron chi connectivity index (χ4n) is 2.48. The molecule has 0 aromatic heterocycles. The van der Waals surface area contributed by atoms with Crippen LogP contribution in [-0.4, -0.2) is 18.0 Å². The lowest BCUT2D eigenvalue weighted by Crippen LogP contribution is -2.37. The van der Waals surface area contributed by atoms with Gasteiger partial charge in [-0.2, -0.15) is 0 Å². The molecule has 0 fully saturated rings. The number of nitrogens with one attached hydrogen (secondary N) is 2. The van der Waals surface area contributed by atoms with Crippen LogP contribution in [0.15, 0.2) is 48.5 Å². The zero-order valence-electron chi connectivity index (χ0n) is 12.4. The van der Waals surface area contributed by atoms with Crippen LogP contribution in [0.3, 0.4) is 0 Å². The number of rotatable bonds is 4. The number of primary amides is 1. The van der Waals surface area contributed by atoms with Crippen LogP contribution in [0, 0.1) is 0 Å². The minimum Gasteiger partial charge on any atom is -0.480 e. The third-order valence-corrected chi connectivity index (χ3v) is 3.63. The molecule has 0 unspecified atom stereocenters. The number of fused-ring (bicyclic) bond motifs is 1. The smallest absolute Gasteiger partial charge is 0.316 e. The van der Waals surface area contributed by atoms with Crippen LogP contribution < -0.4 is 21.1 Å². The lowest BCUT2D eigenvalue weighted by molar-refractivity contribution is -0.127. The molecular weight excluding hydrogens is 294 g/mol. The van der Waals surface area contributed by atoms with Gasteiger partial charge in [0.05, 0.1) is 0 Å². The summed E-state index contributed by atoms with van der Waals surface area (Å²) in [6.07, 6.45) is 0.104. The molecule has 3 rings (SSSR count). The lowest BCUT2D eigenvalue weighted by Gasteiger charge is -2.11. The Labute approximate surface area is 133 Å². The maximum absolute atomic E-state index is 12.2. The first kappa shape index (κ1) is 14.9. The van der Waals surface area contributed by atoms with E-state index in [9.17, 15) is 9.59 Å². The number of amides is 3. The molecule has 0 saturated heterocycles. The van der Waals surface area contributed by atoms with Crippen LogP contribution in [-0.2, 0) is 17.8 Å². The molecule has 1 aliphatic rings. The molecular formula is C17H17N3O3. The molecule has 1 aliphatic heterocycles. The second-order valence-electron chi connectivity index (χ2n) is 5.32. The number of hydrogen-bond acceptors (Lipinski definition) is 3. The number of hydrogen-bond donors (Lipinski definition) is 3. The summed E-state index contributed by atoms with van der Waals surface area (Å²) in [5.74, 6) is 0.634. The highest BCUT2D eigenvalue weighted by Gasteiger charge is 2.28. The van der Waals surface area contributed by atoms with Gasteiger partial charge in [0.1, 0.15) is 5.75 Å². The molecule has 1 atom stereocenters. The molecule has 0 bridgehead atoms. The number of carbonyl (C=O) groups is 2. The predicted molar refractivity (Wildman–Crippen MR) is 86.1 cm³/mol. The van der Waals surface area contributed by atoms with Gasteiger partial charge in [-0.3, -0.25) is 4.79 Å². The molecule has 6 nitrogen and oxygen atoms in total. The van der Waals surface area contributed by atoms with Gasteiger partial charge in [-0.05, 0) is 29.3 Å². The summed E-state index contributed by atoms with van der Waals surface area (Å²) in [7, 11) is 0. The molecule has 2 aromatic carbocycles. The molecule has 23 heavy (non-hydrogen) atoms. The van der Waals surface area contributed by atoms with Crippen molar-refractivity contribution in [2.45, 2.75) is 19.1 Å². The van der Waals surface area contributed by atoms with Gasteiger partial charge in [0.25, 0.3) is 5.91 Å². The number of ether oxygens (including phenoxy) is 1. The number of para-hydroxylation sites is 1. The standard InChI is InChI=1S/C17H17N3O3/c18-17(22)20-13-7-5-11(6-8-13)10-19-16(21)15-9-12-3-1-2-4-14(12)23-15/h1-8,15H,9-10H2,(H,19,21)(H3,18,20,22)/t15-/m0/s1. The summed E-state index contributed by atoms with van der Waals surface area (Å²) >= 11 is 0. The molecule has 2 aromatic rings. The van der Waals surface area contributed by atoms with Crippen LogP contribution in [0.5, 0.6) is 5.75 Å². The SMILES string of the molecule is NC(=O)Nc1ccc(CNC(=O)[C@@H]2Cc3ccccc3O2)cc1. The van der Waals surface area contributed by atoms with E-state index in [0.29, 0.717) is 18.7 Å². The lowest BCUT2D eigenvalue weighted by atomic mass is 10.1. The van der Waals surface area contributed by atoms with E-state index in [4.69, 9.17) is 10.5 Å². The second kappa shape index (κ2) is 6.39. The molecule has 3 amide bonds. The fourth-order valence-corrected chi connectivity index (χ4v) is 2.48. The average Bonchev–Trinajstić information content (AvgIpc) is 2.97. The minimum atomic E-state index is -0.607. The first-order valence-electron chi connectivity index (χ1n) is 7.29. The Kier molecular flexibility index (Phi) is 4.14. The van der Waals surface area contributed by atoms with Crippen molar-refractivity contribution in [3.63, 3.8) is 0 Å². The zero-order chi connectivity index (χ0) is 16.2. The molecule has 0 radical (unpaired) electrons. The van der Waals surface area contributed by atoms with Crippen molar-refractivity contribution < 1.29 is 14.3 Å². The van der Waals surface area contributed by atoms with E-state index < -0.39 is 12.1 Å². The Hall–Kier alpha value is -3.02. The van der Waals surface area contributed by atoms with Crippen LogP contribution in [0.4, 0.5) is 10.5 Å². The molecule has 4 N–H and O–H groups in total. The number of carbonyl (C=O) groups excluding carboxylic acids is 2. The number of benzene rings is 2. The maximum Gasteiger partial charge on any atom is 0.316 e. The first-order valence-corrected chi connectivity index (χ1v) is 7.29. The Bertz CT molecular complexity index is 703. The molecule has 6 heteroatoms. The van der Waals surface area contributed by atoms with Gasteiger partial charge in [-0.1, -0.05) is 30.3 Å². The quantitative estimate of drug-likeness (QED) is 0.803. The summed E-state index contributed by atoms with van der Waals surface area (Å²) < 4.78 is 5.65. The van der Waals surface area contributed by atoms with Gasteiger partial charge >= 0.3 is 6.03 Å². The van der Waals surface area contributed by atoms with Gasteiger partial charge in [-0.15, -0.1) is 0 Å². The van der Waals surface area contributed by atoms with E-state index in [1.807, 2.05) is 36.4 Å². The molecule has 0 aliphatic carbocycles. The van der Waals surface area contributed by atoms with Crippen molar-refractivity contribution in [2.75, 3.05) is 5.32 Å². The highest BCUT2D eigenvalue weighted by Crippen LogP contribution is 2.28. The van der Waals surface area contributed by atoms with Crippen molar-refractivity contribution in [1.29, 1.82) is 0 Å². The average molecular weight is 311 g/mol. The van der Waals surface area contributed by atoms with Crippen molar-refractivity contribution in [3.8, 4) is 5.75 Å². The molecule has 118 valence electrons. The Balaban J connectivity index is 1.53. The van der Waals surface area contributed by atoms with Gasteiger partial charge in [0, 0.05) is 18.7 Å². The number of urea groups is 1. The van der Waals surface area contributed by atoms with Crippen LogP contribution >= 0.6 is 0 Å². The predicted octanol–water partition coefficient (Wildman–Crippen LogP) is 1.80. The van der Waals surface area contributed by atoms with E-state index >= 15 is 0 Å². The van der Waals surface area contributed by atoms with Crippen molar-refractivity contribution >= 4 is 17.6 Å². The van der Waals surface area contributed by atoms with Crippen molar-refractivity contribution in [3.05, 3.63) is 59.7 Å². The van der Waals surface area contributed by atoms with E-state index in [1.54, 1.807) is 12.1 Å². The summed E-state index contributed by atoms with van der Waals surface area (Å²) in [4.78, 5) is 22.9. The van der Waals surface area contributed by atoms with Gasteiger partial charge in [0.2, 0.25) is 0 Å². The fraction of sp³-hybridized carbons (Fsp3) is 0.176. The van der Waals surface area contributed by atoms with Crippen LogP contribution in [0.2, 0.25) is 0 Å². The highest BCUT2D eigenvalue weighted by molar-refractivity contribution is 5.87. The van der Waals surface area contributed by atoms with Crippen molar-refractivity contribution in [1.82, 2.24) is 5.32 Å². The molecule has 0 spiro atoms. The summed E-state index contributed by atoms with van der Waals surface area (Å²) in [5.41, 5.74) is 7.63. The van der Waals surface area contributed by atoms with Gasteiger partial charge in [0.15, 0.2) is 6.10 Å². The normalized spacial score (nSPS) is 15.4. The molecule has 0 saturated carbocycles. The summed E-state index contributed by atoms with van der Waals surface area (Å²) in [6.45, 7) is 0.395. The Morgan fingerprint density at radius 3 is 2.57 bits per heavy atom.